The lowest BCUT2D eigenvalue weighted by Gasteiger charge is -2.20. The molecule has 0 saturated heterocycles. The summed E-state index contributed by atoms with van der Waals surface area (Å²) in [4.78, 5) is 28.4. The Morgan fingerprint density at radius 1 is 0.826 bits per heavy atom. The van der Waals surface area contributed by atoms with Gasteiger partial charge in [0.25, 0.3) is 5.91 Å². The summed E-state index contributed by atoms with van der Waals surface area (Å²) in [5.41, 5.74) is 1.74. The molecule has 4 heteroatoms. The van der Waals surface area contributed by atoms with Crippen LogP contribution in [0.5, 0.6) is 0 Å². The molecule has 0 unspecified atom stereocenters. The third-order valence-corrected chi connectivity index (χ3v) is 4.19. The maximum Gasteiger partial charge on any atom is 0.337 e. The van der Waals surface area contributed by atoms with Crippen LogP contribution in [0.2, 0.25) is 0 Å². The van der Waals surface area contributed by atoms with Crippen LogP contribution in [0.3, 0.4) is 0 Å². The zero-order chi connectivity index (χ0) is 17.6. The van der Waals surface area contributed by atoms with E-state index in [1.807, 2.05) is 20.8 Å². The zero-order valence-corrected chi connectivity index (χ0v) is 15.7. The summed E-state index contributed by atoms with van der Waals surface area (Å²) < 4.78 is 0. The number of hydroxylamine groups is 1. The topological polar surface area (TPSA) is 55.4 Å². The van der Waals surface area contributed by atoms with Gasteiger partial charge in [-0.3, -0.25) is 4.79 Å². The largest absolute Gasteiger partial charge is 0.340 e. The molecule has 0 radical (unpaired) electrons. The summed E-state index contributed by atoms with van der Waals surface area (Å²) >= 11 is 0. The number of hydrogen-bond acceptors (Lipinski definition) is 3. The molecule has 1 N–H and O–H groups in total. The molecule has 0 fully saturated rings. The quantitative estimate of drug-likeness (QED) is 0.368. The van der Waals surface area contributed by atoms with Crippen LogP contribution in [0, 0.1) is 5.41 Å². The Kier molecular flexibility index (Phi) is 12.8. The van der Waals surface area contributed by atoms with Crippen molar-refractivity contribution >= 4 is 11.9 Å². The van der Waals surface area contributed by atoms with Crippen LogP contribution in [0.15, 0.2) is 0 Å². The zero-order valence-electron chi connectivity index (χ0n) is 15.7. The third kappa shape index (κ3) is 12.1. The minimum atomic E-state index is -0.542. The van der Waals surface area contributed by atoms with Crippen molar-refractivity contribution in [3.63, 3.8) is 0 Å². The van der Waals surface area contributed by atoms with Gasteiger partial charge in [0.2, 0.25) is 0 Å². The van der Waals surface area contributed by atoms with Gasteiger partial charge in [-0.25, -0.2) is 4.79 Å². The predicted molar refractivity (Wildman–Crippen MR) is 94.8 cm³/mol. The molecule has 1 amide bonds. The molecule has 0 aliphatic heterocycles. The highest BCUT2D eigenvalue weighted by Gasteiger charge is 2.29. The van der Waals surface area contributed by atoms with E-state index < -0.39 is 5.41 Å². The standard InChI is InChI=1S/C19H37NO3/c1-5-7-8-9-10-11-12-13-14-15-17(21)20-23-18(22)19(3,4)16-6-2/h5-16H2,1-4H3,(H,20,21). The van der Waals surface area contributed by atoms with Crippen molar-refractivity contribution in [2.45, 2.75) is 105 Å². The predicted octanol–water partition coefficient (Wildman–Crippen LogP) is 5.31. The van der Waals surface area contributed by atoms with Gasteiger partial charge in [-0.1, -0.05) is 71.6 Å². The molecule has 0 aromatic heterocycles. The number of nitrogens with one attached hydrogen (secondary N) is 1. The van der Waals surface area contributed by atoms with E-state index >= 15 is 0 Å². The summed E-state index contributed by atoms with van der Waals surface area (Å²) in [6.07, 6.45) is 13.1. The molecule has 0 atom stereocenters. The first-order chi connectivity index (χ1) is 10.9. The van der Waals surface area contributed by atoms with Gasteiger partial charge in [0.05, 0.1) is 5.41 Å². The highest BCUT2D eigenvalue weighted by molar-refractivity contribution is 5.80. The maximum absolute atomic E-state index is 11.8. The van der Waals surface area contributed by atoms with E-state index in [0.717, 1.165) is 25.7 Å². The van der Waals surface area contributed by atoms with Crippen molar-refractivity contribution in [2.24, 2.45) is 5.41 Å². The number of rotatable bonds is 13. The van der Waals surface area contributed by atoms with Crippen molar-refractivity contribution in [1.82, 2.24) is 5.48 Å². The fraction of sp³-hybridized carbons (Fsp3) is 0.895. The van der Waals surface area contributed by atoms with Crippen molar-refractivity contribution in [1.29, 1.82) is 0 Å². The van der Waals surface area contributed by atoms with Crippen LogP contribution < -0.4 is 5.48 Å². The first kappa shape index (κ1) is 21.9. The molecule has 0 spiro atoms. The number of carbonyl (C=O) groups is 2. The molecule has 0 rings (SSSR count). The number of amides is 1. The smallest absolute Gasteiger partial charge is 0.337 e. The number of carbonyl (C=O) groups excluding carboxylic acids is 2. The fourth-order valence-corrected chi connectivity index (χ4v) is 2.62. The highest BCUT2D eigenvalue weighted by Crippen LogP contribution is 2.23. The molecule has 4 nitrogen and oxygen atoms in total. The normalized spacial score (nSPS) is 11.3. The van der Waals surface area contributed by atoms with Gasteiger partial charge in [0, 0.05) is 6.42 Å². The fourth-order valence-electron chi connectivity index (χ4n) is 2.62. The Balaban J connectivity index is 3.56. The SMILES string of the molecule is CCCCCCCCCCCC(=O)NOC(=O)C(C)(C)CCC. The van der Waals surface area contributed by atoms with E-state index in [1.54, 1.807) is 0 Å². The van der Waals surface area contributed by atoms with Crippen LogP contribution in [-0.2, 0) is 14.4 Å². The van der Waals surface area contributed by atoms with Crippen molar-refractivity contribution in [3.8, 4) is 0 Å². The molecule has 0 aliphatic rings. The maximum atomic E-state index is 11.8. The van der Waals surface area contributed by atoms with E-state index in [2.05, 4.69) is 12.4 Å². The number of hydrogen-bond donors (Lipinski definition) is 1. The Bertz CT molecular complexity index is 327. The summed E-state index contributed by atoms with van der Waals surface area (Å²) in [6.45, 7) is 7.93. The van der Waals surface area contributed by atoms with Gasteiger partial charge in [-0.2, -0.15) is 5.48 Å². The Morgan fingerprint density at radius 3 is 1.87 bits per heavy atom. The lowest BCUT2D eigenvalue weighted by atomic mass is 9.88. The van der Waals surface area contributed by atoms with E-state index in [1.165, 1.54) is 44.9 Å². The van der Waals surface area contributed by atoms with Crippen LogP contribution in [0.1, 0.15) is 105 Å². The summed E-state index contributed by atoms with van der Waals surface area (Å²) in [5, 5.41) is 0. The van der Waals surface area contributed by atoms with Crippen LogP contribution >= 0.6 is 0 Å². The van der Waals surface area contributed by atoms with Gasteiger partial charge >= 0.3 is 5.97 Å². The molecule has 0 aromatic carbocycles. The van der Waals surface area contributed by atoms with E-state index in [-0.39, 0.29) is 11.9 Å². The second kappa shape index (κ2) is 13.4. The number of unbranched alkanes of at least 4 members (excludes halogenated alkanes) is 8. The molecular formula is C19H37NO3. The lowest BCUT2D eigenvalue weighted by molar-refractivity contribution is -0.167. The van der Waals surface area contributed by atoms with Crippen LogP contribution in [0.25, 0.3) is 0 Å². The molecule has 0 saturated carbocycles. The summed E-state index contributed by atoms with van der Waals surface area (Å²) in [5.74, 6) is -0.562. The second-order valence-corrected chi connectivity index (χ2v) is 7.13. The van der Waals surface area contributed by atoms with Gasteiger partial charge in [0.1, 0.15) is 0 Å². The average Bonchev–Trinajstić information content (AvgIpc) is 2.50. The lowest BCUT2D eigenvalue weighted by Crippen LogP contribution is -2.34. The van der Waals surface area contributed by atoms with E-state index in [9.17, 15) is 9.59 Å². The molecule has 0 bridgehead atoms. The van der Waals surface area contributed by atoms with Gasteiger partial charge in [-0.15, -0.1) is 0 Å². The second-order valence-electron chi connectivity index (χ2n) is 7.13. The Labute approximate surface area is 142 Å². The molecule has 0 aliphatic carbocycles. The van der Waals surface area contributed by atoms with Gasteiger partial charge < -0.3 is 4.84 Å². The van der Waals surface area contributed by atoms with Crippen LogP contribution in [-0.4, -0.2) is 11.9 Å². The average molecular weight is 328 g/mol. The van der Waals surface area contributed by atoms with Crippen molar-refractivity contribution in [2.75, 3.05) is 0 Å². The van der Waals surface area contributed by atoms with Crippen molar-refractivity contribution in [3.05, 3.63) is 0 Å². The first-order valence-electron chi connectivity index (χ1n) is 9.44. The van der Waals surface area contributed by atoms with Gasteiger partial charge in [-0.05, 0) is 26.7 Å². The minimum Gasteiger partial charge on any atom is -0.340 e. The Morgan fingerprint density at radius 2 is 1.35 bits per heavy atom. The molecule has 23 heavy (non-hydrogen) atoms. The minimum absolute atomic E-state index is 0.200. The molecule has 0 heterocycles. The molecular weight excluding hydrogens is 290 g/mol. The van der Waals surface area contributed by atoms with Crippen molar-refractivity contribution < 1.29 is 14.4 Å². The monoisotopic (exact) mass is 327 g/mol. The first-order valence-corrected chi connectivity index (χ1v) is 9.44. The molecule has 136 valence electrons. The van der Waals surface area contributed by atoms with Gasteiger partial charge in [0.15, 0.2) is 0 Å². The molecule has 0 aromatic rings. The van der Waals surface area contributed by atoms with E-state index in [4.69, 9.17) is 4.84 Å². The third-order valence-electron chi connectivity index (χ3n) is 4.19. The van der Waals surface area contributed by atoms with Crippen LogP contribution in [0.4, 0.5) is 0 Å². The van der Waals surface area contributed by atoms with E-state index in [0.29, 0.717) is 6.42 Å². The Hall–Kier alpha value is -1.06. The summed E-state index contributed by atoms with van der Waals surface area (Å²) in [7, 11) is 0. The highest BCUT2D eigenvalue weighted by atomic mass is 16.7. The summed E-state index contributed by atoms with van der Waals surface area (Å²) in [6, 6.07) is 0.